The standard InChI is InChI=1S/C10H15N7O/c1-2-3-12-6(18)4-13-8-7-9(15-5-14-7)17-10(11)16-8/h5H,2-4H2,1H3,(H,12,18)(H4,11,13,14,15,16,17). The number of amides is 1. The summed E-state index contributed by atoms with van der Waals surface area (Å²) in [5.41, 5.74) is 6.66. The molecule has 0 unspecified atom stereocenters. The van der Waals surface area contributed by atoms with Crippen molar-refractivity contribution in [1.29, 1.82) is 0 Å². The van der Waals surface area contributed by atoms with E-state index in [0.29, 0.717) is 23.5 Å². The highest BCUT2D eigenvalue weighted by Gasteiger charge is 2.09. The van der Waals surface area contributed by atoms with E-state index >= 15 is 0 Å². The maximum Gasteiger partial charge on any atom is 0.239 e. The van der Waals surface area contributed by atoms with Crippen LogP contribution in [0.2, 0.25) is 0 Å². The summed E-state index contributed by atoms with van der Waals surface area (Å²) in [4.78, 5) is 26.3. The van der Waals surface area contributed by atoms with E-state index in [1.54, 1.807) is 0 Å². The molecule has 0 aromatic carbocycles. The molecule has 18 heavy (non-hydrogen) atoms. The summed E-state index contributed by atoms with van der Waals surface area (Å²) in [7, 11) is 0. The molecule has 5 N–H and O–H groups in total. The van der Waals surface area contributed by atoms with E-state index in [4.69, 9.17) is 5.73 Å². The van der Waals surface area contributed by atoms with Crippen molar-refractivity contribution >= 4 is 28.8 Å². The molecule has 2 aromatic rings. The van der Waals surface area contributed by atoms with Crippen molar-refractivity contribution in [3.05, 3.63) is 6.33 Å². The topological polar surface area (TPSA) is 122 Å². The molecule has 2 aromatic heterocycles. The Labute approximate surface area is 103 Å². The SMILES string of the molecule is CCCNC(=O)CNc1nc(N)nc2nc[nH]c12. The van der Waals surface area contributed by atoms with E-state index in [0.717, 1.165) is 6.42 Å². The molecular formula is C10H15N7O. The quantitative estimate of drug-likeness (QED) is 0.585. The molecule has 0 bridgehead atoms. The predicted molar refractivity (Wildman–Crippen MR) is 67.9 cm³/mol. The smallest absolute Gasteiger partial charge is 0.239 e. The Morgan fingerprint density at radius 3 is 3.11 bits per heavy atom. The largest absolute Gasteiger partial charge is 0.368 e. The fraction of sp³-hybridized carbons (Fsp3) is 0.400. The molecule has 2 heterocycles. The maximum atomic E-state index is 11.5. The highest BCUT2D eigenvalue weighted by atomic mass is 16.1. The normalized spacial score (nSPS) is 10.5. The summed E-state index contributed by atoms with van der Waals surface area (Å²) in [6.07, 6.45) is 2.40. The van der Waals surface area contributed by atoms with Crippen LogP contribution in [0.1, 0.15) is 13.3 Å². The Kier molecular flexibility index (Phi) is 3.56. The number of nitrogens with two attached hydrogens (primary N) is 1. The third-order valence-electron chi connectivity index (χ3n) is 2.29. The molecule has 8 nitrogen and oxygen atoms in total. The lowest BCUT2D eigenvalue weighted by molar-refractivity contribution is -0.119. The van der Waals surface area contributed by atoms with Crippen molar-refractivity contribution in [2.24, 2.45) is 0 Å². The van der Waals surface area contributed by atoms with Gasteiger partial charge in [-0.25, -0.2) is 4.98 Å². The number of aromatic amines is 1. The highest BCUT2D eigenvalue weighted by molar-refractivity contribution is 5.87. The molecule has 0 aliphatic rings. The highest BCUT2D eigenvalue weighted by Crippen LogP contribution is 2.16. The first-order valence-electron chi connectivity index (χ1n) is 5.68. The number of H-pyrrole nitrogens is 1. The van der Waals surface area contributed by atoms with Gasteiger partial charge in [0.15, 0.2) is 11.5 Å². The second-order valence-electron chi connectivity index (χ2n) is 3.74. The lowest BCUT2D eigenvalue weighted by atomic mass is 10.4. The summed E-state index contributed by atoms with van der Waals surface area (Å²) < 4.78 is 0. The third kappa shape index (κ3) is 2.65. The molecule has 0 fully saturated rings. The predicted octanol–water partition coefficient (Wildman–Crippen LogP) is -0.127. The van der Waals surface area contributed by atoms with Crippen molar-refractivity contribution in [1.82, 2.24) is 25.3 Å². The van der Waals surface area contributed by atoms with E-state index in [1.165, 1.54) is 6.33 Å². The van der Waals surface area contributed by atoms with Crippen LogP contribution in [0.3, 0.4) is 0 Å². The zero-order valence-electron chi connectivity index (χ0n) is 10.0. The van der Waals surface area contributed by atoms with Crippen molar-refractivity contribution in [2.75, 3.05) is 24.1 Å². The number of carbonyl (C=O) groups is 1. The molecule has 0 atom stereocenters. The van der Waals surface area contributed by atoms with Crippen molar-refractivity contribution in [2.45, 2.75) is 13.3 Å². The van der Waals surface area contributed by atoms with E-state index in [-0.39, 0.29) is 18.4 Å². The summed E-state index contributed by atoms with van der Waals surface area (Å²) >= 11 is 0. The number of carbonyl (C=O) groups excluding carboxylic acids is 1. The lowest BCUT2D eigenvalue weighted by Crippen LogP contribution is -2.30. The third-order valence-corrected chi connectivity index (χ3v) is 2.29. The van der Waals surface area contributed by atoms with Crippen LogP contribution in [0.25, 0.3) is 11.2 Å². The summed E-state index contributed by atoms with van der Waals surface area (Å²) in [6.45, 7) is 2.78. The average molecular weight is 249 g/mol. The van der Waals surface area contributed by atoms with Gasteiger partial charge in [0.05, 0.1) is 12.9 Å². The first-order chi connectivity index (χ1) is 8.70. The number of hydrogen-bond acceptors (Lipinski definition) is 6. The Balaban J connectivity index is 2.07. The zero-order chi connectivity index (χ0) is 13.0. The van der Waals surface area contributed by atoms with Crippen molar-refractivity contribution < 1.29 is 4.79 Å². The number of anilines is 2. The van der Waals surface area contributed by atoms with Gasteiger partial charge in [-0.1, -0.05) is 6.92 Å². The van der Waals surface area contributed by atoms with Crippen LogP contribution in [0, 0.1) is 0 Å². The molecule has 2 rings (SSSR count). The van der Waals surface area contributed by atoms with Crippen molar-refractivity contribution in [3.63, 3.8) is 0 Å². The van der Waals surface area contributed by atoms with Gasteiger partial charge in [0.25, 0.3) is 0 Å². The van der Waals surface area contributed by atoms with E-state index in [9.17, 15) is 4.79 Å². The molecule has 0 aliphatic heterocycles. The van der Waals surface area contributed by atoms with Crippen LogP contribution >= 0.6 is 0 Å². The Morgan fingerprint density at radius 1 is 1.50 bits per heavy atom. The molecule has 0 saturated carbocycles. The van der Waals surface area contributed by atoms with Gasteiger partial charge in [-0.3, -0.25) is 4.79 Å². The van der Waals surface area contributed by atoms with Gasteiger partial charge < -0.3 is 21.4 Å². The van der Waals surface area contributed by atoms with Crippen LogP contribution in [0.15, 0.2) is 6.33 Å². The molecule has 0 saturated heterocycles. The first kappa shape index (κ1) is 12.1. The minimum Gasteiger partial charge on any atom is -0.368 e. The lowest BCUT2D eigenvalue weighted by Gasteiger charge is -2.07. The molecule has 0 aliphatic carbocycles. The minimum absolute atomic E-state index is 0.0956. The van der Waals surface area contributed by atoms with E-state index < -0.39 is 0 Å². The molecule has 0 spiro atoms. The van der Waals surface area contributed by atoms with E-state index in [1.807, 2.05) is 6.92 Å². The summed E-state index contributed by atoms with van der Waals surface area (Å²) in [5.74, 6) is 0.495. The maximum absolute atomic E-state index is 11.5. The molecular weight excluding hydrogens is 234 g/mol. The molecule has 1 amide bonds. The fourth-order valence-electron chi connectivity index (χ4n) is 1.47. The van der Waals surface area contributed by atoms with Crippen LogP contribution in [-0.4, -0.2) is 38.9 Å². The average Bonchev–Trinajstić information content (AvgIpc) is 2.81. The van der Waals surface area contributed by atoms with Gasteiger partial charge in [-0.05, 0) is 6.42 Å². The number of aromatic nitrogens is 4. The van der Waals surface area contributed by atoms with Gasteiger partial charge in [0.2, 0.25) is 11.9 Å². The second kappa shape index (κ2) is 5.30. The number of nitrogens with zero attached hydrogens (tertiary/aromatic N) is 3. The zero-order valence-corrected chi connectivity index (χ0v) is 10.0. The minimum atomic E-state index is -0.0956. The number of hydrogen-bond donors (Lipinski definition) is 4. The number of fused-ring (bicyclic) bond motifs is 1. The van der Waals surface area contributed by atoms with Gasteiger partial charge in [0.1, 0.15) is 5.52 Å². The van der Waals surface area contributed by atoms with Crippen LogP contribution in [-0.2, 0) is 4.79 Å². The molecule has 8 heteroatoms. The van der Waals surface area contributed by atoms with Crippen LogP contribution in [0.5, 0.6) is 0 Å². The summed E-state index contributed by atoms with van der Waals surface area (Å²) in [6, 6.07) is 0. The number of imidazole rings is 1. The Hall–Kier alpha value is -2.38. The number of nitrogen functional groups attached to an aromatic ring is 1. The van der Waals surface area contributed by atoms with Crippen molar-refractivity contribution in [3.8, 4) is 0 Å². The van der Waals surface area contributed by atoms with Gasteiger partial charge >= 0.3 is 0 Å². The monoisotopic (exact) mass is 249 g/mol. The summed E-state index contributed by atoms with van der Waals surface area (Å²) in [5, 5.41) is 5.67. The number of rotatable bonds is 5. The molecule has 0 radical (unpaired) electrons. The van der Waals surface area contributed by atoms with Crippen LogP contribution in [0.4, 0.5) is 11.8 Å². The fourth-order valence-corrected chi connectivity index (χ4v) is 1.47. The Bertz CT molecular complexity index is 550. The first-order valence-corrected chi connectivity index (χ1v) is 5.68. The van der Waals surface area contributed by atoms with E-state index in [2.05, 4.69) is 30.6 Å². The van der Waals surface area contributed by atoms with Crippen LogP contribution < -0.4 is 16.4 Å². The molecule has 96 valence electrons. The van der Waals surface area contributed by atoms with Gasteiger partial charge in [-0.2, -0.15) is 9.97 Å². The van der Waals surface area contributed by atoms with Gasteiger partial charge in [0, 0.05) is 6.54 Å². The number of nitrogens with one attached hydrogen (secondary N) is 3. The second-order valence-corrected chi connectivity index (χ2v) is 3.74. The van der Waals surface area contributed by atoms with Gasteiger partial charge in [-0.15, -0.1) is 0 Å². The Morgan fingerprint density at radius 2 is 2.33 bits per heavy atom.